The lowest BCUT2D eigenvalue weighted by Gasteiger charge is -2.21. The molecular weight excluding hydrogens is 310 g/mol. The molecule has 1 amide bonds. The number of halogens is 1. The monoisotopic (exact) mass is 327 g/mol. The van der Waals surface area contributed by atoms with Crippen LogP contribution in [0.4, 0.5) is 11.4 Å². The Balaban J connectivity index is 2.30. The molecule has 0 bridgehead atoms. The highest BCUT2D eigenvalue weighted by Gasteiger charge is 2.30. The number of rotatable bonds is 5. The Morgan fingerprint density at radius 3 is 2.89 bits per heavy atom. The summed E-state index contributed by atoms with van der Waals surface area (Å²) in [6.45, 7) is 1.45. The lowest BCUT2D eigenvalue weighted by molar-refractivity contribution is -0.117. The molecule has 104 valence electrons. The molecule has 0 aromatic heterocycles. The molecular formula is C13H18BrN3O2. The summed E-state index contributed by atoms with van der Waals surface area (Å²) in [7, 11) is 5.47. The molecule has 2 rings (SSSR count). The molecule has 2 N–H and O–H groups in total. The molecule has 1 aromatic carbocycles. The van der Waals surface area contributed by atoms with Gasteiger partial charge >= 0.3 is 0 Å². The van der Waals surface area contributed by atoms with Crippen molar-refractivity contribution >= 4 is 33.2 Å². The summed E-state index contributed by atoms with van der Waals surface area (Å²) < 4.78 is 6.05. The van der Waals surface area contributed by atoms with Gasteiger partial charge in [0, 0.05) is 36.4 Å². The van der Waals surface area contributed by atoms with Gasteiger partial charge in [-0.2, -0.15) is 0 Å². The van der Waals surface area contributed by atoms with Crippen LogP contribution in [-0.4, -0.2) is 40.3 Å². The Morgan fingerprint density at radius 1 is 1.53 bits per heavy atom. The van der Waals surface area contributed by atoms with Crippen LogP contribution in [0.5, 0.6) is 0 Å². The molecule has 0 radical (unpaired) electrons. The first kappa shape index (κ1) is 14.3. The number of benzene rings is 1. The molecule has 0 aliphatic carbocycles. The number of carbonyl (C=O) groups excluding carboxylic acids is 1. The molecule has 6 heteroatoms. The zero-order chi connectivity index (χ0) is 14.0. The Kier molecular flexibility index (Phi) is 4.44. The number of amides is 1. The largest absolute Gasteiger partial charge is 0.383 e. The fourth-order valence-corrected chi connectivity index (χ4v) is 2.86. The summed E-state index contributed by atoms with van der Waals surface area (Å²) in [5.74, 6) is -0.0129. The predicted molar refractivity (Wildman–Crippen MR) is 79.7 cm³/mol. The first-order chi connectivity index (χ1) is 9.08. The van der Waals surface area contributed by atoms with E-state index in [1.54, 1.807) is 14.2 Å². The SMILES string of the molecule is CNC1C(=O)Nc2cc(N(C)CCOC)c(Br)cc21. The molecule has 1 aliphatic heterocycles. The van der Waals surface area contributed by atoms with Crippen LogP contribution in [-0.2, 0) is 9.53 Å². The van der Waals surface area contributed by atoms with Gasteiger partial charge in [0.15, 0.2) is 0 Å². The van der Waals surface area contributed by atoms with E-state index in [1.165, 1.54) is 0 Å². The standard InChI is InChI=1S/C13H18BrN3O2/c1-15-12-8-6-9(14)11(17(2)4-5-19-3)7-10(8)16-13(12)18/h6-7,12,15H,4-5H2,1-3H3,(H,16,18). The third-order valence-electron chi connectivity index (χ3n) is 3.28. The molecule has 1 atom stereocenters. The maximum atomic E-state index is 11.8. The molecule has 1 aliphatic rings. The summed E-state index contributed by atoms with van der Waals surface area (Å²) in [5.41, 5.74) is 2.88. The Morgan fingerprint density at radius 2 is 2.26 bits per heavy atom. The van der Waals surface area contributed by atoms with E-state index in [2.05, 4.69) is 31.5 Å². The van der Waals surface area contributed by atoms with Crippen LogP contribution in [0.3, 0.4) is 0 Å². The number of likely N-dealkylation sites (N-methyl/N-ethyl adjacent to an activating group) is 2. The predicted octanol–water partition coefficient (Wildman–Crippen LogP) is 1.74. The molecule has 19 heavy (non-hydrogen) atoms. The lowest BCUT2D eigenvalue weighted by Crippen LogP contribution is -2.23. The normalized spacial score (nSPS) is 17.3. The van der Waals surface area contributed by atoms with E-state index < -0.39 is 0 Å². The number of fused-ring (bicyclic) bond motifs is 1. The zero-order valence-corrected chi connectivity index (χ0v) is 12.9. The highest BCUT2D eigenvalue weighted by molar-refractivity contribution is 9.10. The second kappa shape index (κ2) is 5.90. The van der Waals surface area contributed by atoms with Crippen LogP contribution in [0.1, 0.15) is 11.6 Å². The first-order valence-electron chi connectivity index (χ1n) is 6.10. The van der Waals surface area contributed by atoms with Crippen molar-refractivity contribution in [2.24, 2.45) is 0 Å². The Labute approximate surface area is 121 Å². The van der Waals surface area contributed by atoms with Crippen molar-refractivity contribution in [3.63, 3.8) is 0 Å². The highest BCUT2D eigenvalue weighted by atomic mass is 79.9. The fourth-order valence-electron chi connectivity index (χ4n) is 2.20. The third-order valence-corrected chi connectivity index (χ3v) is 3.92. The lowest BCUT2D eigenvalue weighted by atomic mass is 10.1. The maximum Gasteiger partial charge on any atom is 0.246 e. The maximum absolute atomic E-state index is 11.8. The van der Waals surface area contributed by atoms with E-state index in [4.69, 9.17) is 4.74 Å². The van der Waals surface area contributed by atoms with Crippen LogP contribution >= 0.6 is 15.9 Å². The molecule has 1 unspecified atom stereocenters. The van der Waals surface area contributed by atoms with Gasteiger partial charge in [-0.05, 0) is 35.1 Å². The zero-order valence-electron chi connectivity index (χ0n) is 11.3. The number of nitrogens with zero attached hydrogens (tertiary/aromatic N) is 1. The van der Waals surface area contributed by atoms with Gasteiger partial charge in [-0.25, -0.2) is 0 Å². The number of hydrogen-bond donors (Lipinski definition) is 2. The van der Waals surface area contributed by atoms with Crippen molar-refractivity contribution in [1.29, 1.82) is 0 Å². The minimum atomic E-state index is -0.273. The number of ether oxygens (including phenoxy) is 1. The van der Waals surface area contributed by atoms with E-state index in [-0.39, 0.29) is 11.9 Å². The molecule has 0 saturated heterocycles. The Hall–Kier alpha value is -1.11. The number of carbonyl (C=O) groups is 1. The van der Waals surface area contributed by atoms with Gasteiger partial charge in [-0.3, -0.25) is 4.79 Å². The quantitative estimate of drug-likeness (QED) is 0.865. The second-order valence-corrected chi connectivity index (χ2v) is 5.37. The van der Waals surface area contributed by atoms with Gasteiger partial charge in [0.05, 0.1) is 12.3 Å². The number of nitrogens with one attached hydrogen (secondary N) is 2. The van der Waals surface area contributed by atoms with E-state index >= 15 is 0 Å². The molecule has 1 heterocycles. The third kappa shape index (κ3) is 2.75. The van der Waals surface area contributed by atoms with Crippen molar-refractivity contribution < 1.29 is 9.53 Å². The van der Waals surface area contributed by atoms with E-state index in [1.807, 2.05) is 19.2 Å². The summed E-state index contributed by atoms with van der Waals surface area (Å²) in [6.07, 6.45) is 0. The average Bonchev–Trinajstić information content (AvgIpc) is 2.69. The fraction of sp³-hybridized carbons (Fsp3) is 0.462. The summed E-state index contributed by atoms with van der Waals surface area (Å²) >= 11 is 3.57. The molecule has 1 aromatic rings. The van der Waals surface area contributed by atoms with Crippen LogP contribution in [0.25, 0.3) is 0 Å². The van der Waals surface area contributed by atoms with Crippen molar-refractivity contribution in [2.75, 3.05) is 44.6 Å². The van der Waals surface area contributed by atoms with Crippen molar-refractivity contribution in [3.05, 3.63) is 22.2 Å². The van der Waals surface area contributed by atoms with Gasteiger partial charge in [-0.1, -0.05) is 0 Å². The number of anilines is 2. The topological polar surface area (TPSA) is 53.6 Å². The van der Waals surface area contributed by atoms with Gasteiger partial charge in [0.25, 0.3) is 0 Å². The van der Waals surface area contributed by atoms with E-state index in [9.17, 15) is 4.79 Å². The summed E-state index contributed by atoms with van der Waals surface area (Å²) in [4.78, 5) is 13.9. The molecule has 0 fully saturated rings. The molecule has 5 nitrogen and oxygen atoms in total. The van der Waals surface area contributed by atoms with Gasteiger partial charge in [-0.15, -0.1) is 0 Å². The van der Waals surface area contributed by atoms with Crippen LogP contribution in [0.15, 0.2) is 16.6 Å². The van der Waals surface area contributed by atoms with Gasteiger partial charge < -0.3 is 20.3 Å². The first-order valence-corrected chi connectivity index (χ1v) is 6.89. The van der Waals surface area contributed by atoms with Gasteiger partial charge in [0.2, 0.25) is 5.91 Å². The van der Waals surface area contributed by atoms with Crippen molar-refractivity contribution in [3.8, 4) is 0 Å². The smallest absolute Gasteiger partial charge is 0.246 e. The van der Waals surface area contributed by atoms with Crippen LogP contribution < -0.4 is 15.5 Å². The molecule has 0 saturated carbocycles. The summed E-state index contributed by atoms with van der Waals surface area (Å²) in [5, 5.41) is 5.91. The number of hydrogen-bond acceptors (Lipinski definition) is 4. The van der Waals surface area contributed by atoms with Crippen LogP contribution in [0, 0.1) is 0 Å². The minimum absolute atomic E-state index is 0.0129. The van der Waals surface area contributed by atoms with E-state index in [0.717, 1.165) is 28.0 Å². The van der Waals surface area contributed by atoms with Gasteiger partial charge in [0.1, 0.15) is 6.04 Å². The van der Waals surface area contributed by atoms with Crippen LogP contribution in [0.2, 0.25) is 0 Å². The Bertz CT molecular complexity index is 493. The second-order valence-electron chi connectivity index (χ2n) is 4.52. The summed E-state index contributed by atoms with van der Waals surface area (Å²) in [6, 6.07) is 3.71. The number of methoxy groups -OCH3 is 1. The van der Waals surface area contributed by atoms with Crippen molar-refractivity contribution in [2.45, 2.75) is 6.04 Å². The highest BCUT2D eigenvalue weighted by Crippen LogP contribution is 2.38. The molecule has 0 spiro atoms. The van der Waals surface area contributed by atoms with Crippen molar-refractivity contribution in [1.82, 2.24) is 5.32 Å². The minimum Gasteiger partial charge on any atom is -0.383 e. The van der Waals surface area contributed by atoms with E-state index in [0.29, 0.717) is 6.61 Å². The average molecular weight is 328 g/mol.